The highest BCUT2D eigenvalue weighted by Crippen LogP contribution is 2.40. The molecule has 0 aromatic rings. The van der Waals surface area contributed by atoms with Crippen molar-refractivity contribution in [3.8, 4) is 0 Å². The smallest absolute Gasteiger partial charge is 0.267 e. The van der Waals surface area contributed by atoms with E-state index < -0.39 is 15.7 Å². The van der Waals surface area contributed by atoms with Gasteiger partial charge in [0.05, 0.1) is 6.10 Å². The Morgan fingerprint density at radius 2 is 2.09 bits per heavy atom. The molecule has 0 aromatic carbocycles. The van der Waals surface area contributed by atoms with Crippen molar-refractivity contribution in [3.05, 3.63) is 0 Å². The third kappa shape index (κ3) is 1.91. The molecule has 0 saturated carbocycles. The molecular weight excluding hydrogens is 168 g/mol. The summed E-state index contributed by atoms with van der Waals surface area (Å²) in [5.74, 6) is -0.280. The first-order valence-electron chi connectivity index (χ1n) is 3.52. The number of ether oxygens (including phenoxy) is 1. The molecule has 0 radical (unpaired) electrons. The highest BCUT2D eigenvalue weighted by Gasteiger charge is 2.54. The van der Waals surface area contributed by atoms with Crippen molar-refractivity contribution in [2.75, 3.05) is 5.75 Å². The van der Waals surface area contributed by atoms with Crippen LogP contribution in [0.2, 0.25) is 0 Å². The minimum absolute atomic E-state index is 0.0468. The van der Waals surface area contributed by atoms with Crippen molar-refractivity contribution >= 4 is 10.1 Å². The molecule has 1 N–H and O–H groups in total. The molecule has 11 heavy (non-hydrogen) atoms. The fourth-order valence-electron chi connectivity index (χ4n) is 1.25. The van der Waals surface area contributed by atoms with Gasteiger partial charge in [0, 0.05) is 0 Å². The van der Waals surface area contributed by atoms with Gasteiger partial charge in [-0.3, -0.25) is 4.55 Å². The summed E-state index contributed by atoms with van der Waals surface area (Å²) in [4.78, 5) is 0. The lowest BCUT2D eigenvalue weighted by atomic mass is 10.1. The quantitative estimate of drug-likeness (QED) is 0.505. The molecular formula is C6H12O4S. The Morgan fingerprint density at radius 3 is 2.18 bits per heavy atom. The molecule has 0 aliphatic carbocycles. The van der Waals surface area contributed by atoms with Crippen LogP contribution in [0, 0.1) is 0 Å². The van der Waals surface area contributed by atoms with Crippen molar-refractivity contribution in [2.24, 2.45) is 0 Å². The Labute approximate surface area is 66.3 Å². The molecule has 0 bridgehead atoms. The van der Waals surface area contributed by atoms with E-state index in [1.807, 2.05) is 6.92 Å². The summed E-state index contributed by atoms with van der Waals surface area (Å²) in [6.45, 7) is 3.64. The van der Waals surface area contributed by atoms with Crippen LogP contribution in [-0.2, 0) is 14.9 Å². The van der Waals surface area contributed by atoms with E-state index in [1.54, 1.807) is 6.92 Å². The number of hydrogen-bond acceptors (Lipinski definition) is 3. The second-order valence-corrected chi connectivity index (χ2v) is 4.36. The van der Waals surface area contributed by atoms with Crippen LogP contribution in [0.25, 0.3) is 0 Å². The predicted molar refractivity (Wildman–Crippen MR) is 40.0 cm³/mol. The van der Waals surface area contributed by atoms with Gasteiger partial charge in [0.25, 0.3) is 10.1 Å². The molecule has 2 unspecified atom stereocenters. The molecule has 0 amide bonds. The van der Waals surface area contributed by atoms with Crippen molar-refractivity contribution in [3.63, 3.8) is 0 Å². The molecule has 1 rings (SSSR count). The average Bonchev–Trinajstić information content (AvgIpc) is 2.39. The van der Waals surface area contributed by atoms with Crippen molar-refractivity contribution in [1.82, 2.24) is 0 Å². The van der Waals surface area contributed by atoms with E-state index in [-0.39, 0.29) is 11.9 Å². The molecule has 0 aromatic heterocycles. The predicted octanol–water partition coefficient (Wildman–Crippen LogP) is 0.442. The Hall–Kier alpha value is -0.130. The fourth-order valence-corrected chi connectivity index (χ4v) is 2.38. The minimum atomic E-state index is -3.89. The SMILES string of the molecule is CCC1(CS(=O)(=O)O)OC1C. The molecule has 0 spiro atoms. The van der Waals surface area contributed by atoms with E-state index in [0.29, 0.717) is 6.42 Å². The summed E-state index contributed by atoms with van der Waals surface area (Å²) in [5, 5.41) is 0. The Balaban J connectivity index is 2.62. The van der Waals surface area contributed by atoms with Crippen LogP contribution in [0.4, 0.5) is 0 Å². The van der Waals surface area contributed by atoms with Gasteiger partial charge in [-0.05, 0) is 13.3 Å². The first kappa shape index (κ1) is 8.96. The van der Waals surface area contributed by atoms with E-state index in [9.17, 15) is 8.42 Å². The van der Waals surface area contributed by atoms with E-state index in [2.05, 4.69) is 0 Å². The minimum Gasteiger partial charge on any atom is -0.365 e. The van der Waals surface area contributed by atoms with Crippen LogP contribution >= 0.6 is 0 Å². The zero-order valence-electron chi connectivity index (χ0n) is 6.57. The normalized spacial score (nSPS) is 37.2. The summed E-state index contributed by atoms with van der Waals surface area (Å²) in [5.41, 5.74) is -0.604. The maximum absolute atomic E-state index is 10.5. The highest BCUT2D eigenvalue weighted by atomic mass is 32.2. The number of epoxide rings is 1. The van der Waals surface area contributed by atoms with Crippen LogP contribution < -0.4 is 0 Å². The first-order valence-corrected chi connectivity index (χ1v) is 5.13. The fraction of sp³-hybridized carbons (Fsp3) is 1.00. The van der Waals surface area contributed by atoms with E-state index in [0.717, 1.165) is 0 Å². The first-order chi connectivity index (χ1) is 4.90. The standard InChI is InChI=1S/C6H12O4S/c1-3-6(5(2)10-6)4-11(7,8)9/h5H,3-4H2,1-2H3,(H,7,8,9). The summed E-state index contributed by atoms with van der Waals surface area (Å²) in [6.07, 6.45) is 0.572. The monoisotopic (exact) mass is 180 g/mol. The van der Waals surface area contributed by atoms with Crippen LogP contribution in [0.1, 0.15) is 20.3 Å². The molecule has 4 nitrogen and oxygen atoms in total. The summed E-state index contributed by atoms with van der Waals surface area (Å²) < 4.78 is 34.6. The maximum Gasteiger partial charge on any atom is 0.267 e. The maximum atomic E-state index is 10.5. The zero-order chi connectivity index (χ0) is 8.70. The van der Waals surface area contributed by atoms with E-state index in [4.69, 9.17) is 9.29 Å². The molecule has 1 saturated heterocycles. The van der Waals surface area contributed by atoms with Gasteiger partial charge in [-0.2, -0.15) is 8.42 Å². The topological polar surface area (TPSA) is 66.9 Å². The lowest BCUT2D eigenvalue weighted by Gasteiger charge is -2.05. The van der Waals surface area contributed by atoms with Crippen LogP contribution in [0.5, 0.6) is 0 Å². The Kier molecular flexibility index (Phi) is 1.98. The third-order valence-corrected chi connectivity index (χ3v) is 2.97. The molecule has 1 aliphatic rings. The molecule has 1 heterocycles. The van der Waals surface area contributed by atoms with Crippen LogP contribution in [0.3, 0.4) is 0 Å². The largest absolute Gasteiger partial charge is 0.365 e. The second-order valence-electron chi connectivity index (χ2n) is 2.90. The van der Waals surface area contributed by atoms with E-state index in [1.165, 1.54) is 0 Å². The van der Waals surface area contributed by atoms with Crippen molar-refractivity contribution in [1.29, 1.82) is 0 Å². The van der Waals surface area contributed by atoms with Crippen LogP contribution in [-0.4, -0.2) is 30.4 Å². The highest BCUT2D eigenvalue weighted by molar-refractivity contribution is 7.85. The van der Waals surface area contributed by atoms with Gasteiger partial charge in [0.2, 0.25) is 0 Å². The van der Waals surface area contributed by atoms with Gasteiger partial charge in [0.15, 0.2) is 0 Å². The molecule has 5 heteroatoms. The van der Waals surface area contributed by atoms with Gasteiger partial charge >= 0.3 is 0 Å². The molecule has 2 atom stereocenters. The zero-order valence-corrected chi connectivity index (χ0v) is 7.39. The van der Waals surface area contributed by atoms with Gasteiger partial charge in [-0.25, -0.2) is 0 Å². The van der Waals surface area contributed by atoms with E-state index >= 15 is 0 Å². The lowest BCUT2D eigenvalue weighted by Crippen LogP contribution is -2.24. The van der Waals surface area contributed by atoms with Crippen LogP contribution in [0.15, 0.2) is 0 Å². The second kappa shape index (κ2) is 2.43. The summed E-state index contributed by atoms with van der Waals surface area (Å²) >= 11 is 0. The Bertz CT molecular complexity index is 241. The Morgan fingerprint density at radius 1 is 1.64 bits per heavy atom. The van der Waals surface area contributed by atoms with Gasteiger partial charge in [0.1, 0.15) is 11.4 Å². The van der Waals surface area contributed by atoms with Crippen molar-refractivity contribution < 1.29 is 17.7 Å². The number of rotatable bonds is 3. The molecule has 66 valence electrons. The van der Waals surface area contributed by atoms with Crippen molar-refractivity contribution in [2.45, 2.75) is 32.0 Å². The summed E-state index contributed by atoms with van der Waals surface area (Å²) in [6, 6.07) is 0. The average molecular weight is 180 g/mol. The lowest BCUT2D eigenvalue weighted by molar-refractivity contribution is 0.303. The summed E-state index contributed by atoms with van der Waals surface area (Å²) in [7, 11) is -3.89. The number of hydrogen-bond donors (Lipinski definition) is 1. The molecule has 1 fully saturated rings. The van der Waals surface area contributed by atoms with Gasteiger partial charge < -0.3 is 4.74 Å². The van der Waals surface area contributed by atoms with Gasteiger partial charge in [-0.15, -0.1) is 0 Å². The third-order valence-electron chi connectivity index (χ3n) is 2.12. The van der Waals surface area contributed by atoms with Gasteiger partial charge in [-0.1, -0.05) is 6.92 Å². The molecule has 1 aliphatic heterocycles.